The van der Waals surface area contributed by atoms with Crippen molar-refractivity contribution in [3.63, 3.8) is 0 Å². The molecular formula is C62H82O9Si10. The minimum atomic E-state index is -3.97. The van der Waals surface area contributed by atoms with Crippen LogP contribution in [0.5, 0.6) is 0 Å². The molecule has 424 valence electrons. The fourth-order valence-corrected chi connectivity index (χ4v) is 57.6. The van der Waals surface area contributed by atoms with Crippen LogP contribution in [0.25, 0.3) is 0 Å². The van der Waals surface area contributed by atoms with E-state index in [1.807, 2.05) is 48.5 Å². The summed E-state index contributed by atoms with van der Waals surface area (Å²) in [4.78, 5) is 0. The zero-order valence-corrected chi connectivity index (χ0v) is 59.8. The van der Waals surface area contributed by atoms with E-state index >= 15 is 0 Å². The molecule has 0 fully saturated rings. The first-order chi connectivity index (χ1) is 38.2. The number of rotatable bonds is 26. The van der Waals surface area contributed by atoms with Gasteiger partial charge in [-0.3, -0.25) is 0 Å². The lowest BCUT2D eigenvalue weighted by molar-refractivity contribution is 0.271. The van der Waals surface area contributed by atoms with Gasteiger partial charge in [-0.1, -0.05) is 243 Å². The Morgan fingerprint density at radius 2 is 0.284 bits per heavy atom. The van der Waals surface area contributed by atoms with E-state index in [-0.39, 0.29) is 0 Å². The van der Waals surface area contributed by atoms with Gasteiger partial charge in [0, 0.05) is 0 Å². The molecule has 0 N–H and O–H groups in total. The smallest absolute Gasteiger partial charge is 0.389 e. The van der Waals surface area contributed by atoms with Gasteiger partial charge in [0.25, 0.3) is 0 Å². The topological polar surface area (TPSA) is 83.1 Å². The maximum atomic E-state index is 8.22. The van der Waals surface area contributed by atoms with Gasteiger partial charge in [0.2, 0.25) is 0 Å². The van der Waals surface area contributed by atoms with Crippen molar-refractivity contribution in [3.05, 3.63) is 243 Å². The van der Waals surface area contributed by atoms with Crippen LogP contribution in [0.4, 0.5) is 0 Å². The first-order valence-electron chi connectivity index (χ1n) is 28.0. The Labute approximate surface area is 494 Å². The van der Waals surface area contributed by atoms with E-state index < -0.39 is 85.1 Å². The van der Waals surface area contributed by atoms with Gasteiger partial charge >= 0.3 is 68.5 Å². The van der Waals surface area contributed by atoms with Gasteiger partial charge in [0.15, 0.2) is 16.6 Å². The SMILES string of the molecule is C[Si](C)(C)O[Si](C)(C)O[Si](O[Si](C)(C)O[Si](O[Si](C)(C)O[Si](O[Si](C)(C)O[Si](O[Si](C)(C)C)(c1ccccc1)c1ccccc1)(c1ccccc1)c1ccccc1)(c1ccccc1)c1ccccc1)(c1ccccc1)c1ccccc1. The molecule has 0 unspecified atom stereocenters. The van der Waals surface area contributed by atoms with E-state index in [9.17, 15) is 0 Å². The summed E-state index contributed by atoms with van der Waals surface area (Å²) >= 11 is 0. The summed E-state index contributed by atoms with van der Waals surface area (Å²) in [7, 11) is -33.0. The molecule has 0 bridgehead atoms. The lowest BCUT2D eigenvalue weighted by Crippen LogP contribution is -2.77. The number of hydrogen-bond acceptors (Lipinski definition) is 9. The quantitative estimate of drug-likeness (QED) is 0.0493. The standard InChI is InChI=1S/C62H82O9Si10/c1-72(2,3)63-74(7,8)65-79(57-43-27-17-28-44-57,58-45-29-18-30-46-58)68-76(11,12)69-81(61-51-35-21-36-52-61,62-53-37-22-38-54-62)71-77(13,14)70-80(59-47-31-19-32-48-59,60-49-33-20-34-50-60)67-75(9,10)66-78(64-73(4,5)6,55-39-23-15-24-40-55)56-41-25-16-26-42-56/h15-54H,1-14H3. The van der Waals surface area contributed by atoms with Gasteiger partial charge in [0.05, 0.1) is 0 Å². The van der Waals surface area contributed by atoms with Crippen LogP contribution in [0.2, 0.25) is 91.7 Å². The van der Waals surface area contributed by atoms with Crippen LogP contribution in [0.1, 0.15) is 0 Å². The molecule has 0 aliphatic rings. The molecular weight excluding hydrogens is 1170 g/mol. The van der Waals surface area contributed by atoms with Crippen LogP contribution in [-0.2, 0) is 37.0 Å². The molecule has 0 aliphatic carbocycles. The van der Waals surface area contributed by atoms with Crippen molar-refractivity contribution in [1.82, 2.24) is 0 Å². The van der Waals surface area contributed by atoms with Crippen LogP contribution < -0.4 is 41.5 Å². The highest BCUT2D eigenvalue weighted by Crippen LogP contribution is 2.32. The van der Waals surface area contributed by atoms with E-state index in [2.05, 4.69) is 286 Å². The highest BCUT2D eigenvalue weighted by Gasteiger charge is 2.61. The second-order valence-electron chi connectivity index (χ2n) is 24.1. The van der Waals surface area contributed by atoms with Crippen molar-refractivity contribution in [2.75, 3.05) is 0 Å². The second-order valence-corrected chi connectivity index (χ2v) is 60.7. The average molecular weight is 1250 g/mol. The van der Waals surface area contributed by atoms with Gasteiger partial charge in [-0.15, -0.1) is 0 Å². The Morgan fingerprint density at radius 3 is 0.420 bits per heavy atom. The number of hydrogen-bond donors (Lipinski definition) is 0. The van der Waals surface area contributed by atoms with Crippen molar-refractivity contribution >= 4 is 127 Å². The van der Waals surface area contributed by atoms with Crippen molar-refractivity contribution < 1.29 is 37.0 Å². The van der Waals surface area contributed by atoms with E-state index in [1.54, 1.807) is 0 Å². The fourth-order valence-electron chi connectivity index (χ4n) is 10.6. The molecule has 0 radical (unpaired) electrons. The third-order valence-electron chi connectivity index (χ3n) is 13.0. The molecule has 0 atom stereocenters. The molecule has 0 saturated heterocycles. The third kappa shape index (κ3) is 15.7. The summed E-state index contributed by atoms with van der Waals surface area (Å²) in [6.07, 6.45) is 0. The van der Waals surface area contributed by atoms with Gasteiger partial charge in [-0.2, -0.15) is 0 Å². The lowest BCUT2D eigenvalue weighted by atomic mass is 10.4. The van der Waals surface area contributed by atoms with Crippen molar-refractivity contribution in [1.29, 1.82) is 0 Å². The van der Waals surface area contributed by atoms with Crippen LogP contribution >= 0.6 is 0 Å². The highest BCUT2D eigenvalue weighted by atomic mass is 28.5. The molecule has 8 aromatic carbocycles. The summed E-state index contributed by atoms with van der Waals surface area (Å²) in [5.74, 6) is 0. The van der Waals surface area contributed by atoms with E-state index in [1.165, 1.54) is 0 Å². The Hall–Kier alpha value is -4.43. The molecule has 0 aliphatic heterocycles. The van der Waals surface area contributed by atoms with Gasteiger partial charge in [-0.05, 0) is 133 Å². The predicted molar refractivity (Wildman–Crippen MR) is 358 cm³/mol. The number of benzene rings is 8. The van der Waals surface area contributed by atoms with Crippen LogP contribution in [0, 0.1) is 0 Å². The van der Waals surface area contributed by atoms with Gasteiger partial charge in [-0.25, -0.2) is 0 Å². The molecule has 0 amide bonds. The predicted octanol–water partition coefficient (Wildman–Crippen LogP) is 10.6. The van der Waals surface area contributed by atoms with Crippen LogP contribution in [0.15, 0.2) is 243 Å². The summed E-state index contributed by atoms with van der Waals surface area (Å²) in [5.41, 5.74) is 0. The van der Waals surface area contributed by atoms with Crippen molar-refractivity contribution in [3.8, 4) is 0 Å². The molecule has 9 nitrogen and oxygen atoms in total. The van der Waals surface area contributed by atoms with E-state index in [0.717, 1.165) is 41.5 Å². The summed E-state index contributed by atoms with van der Waals surface area (Å²) in [5, 5.41) is 7.69. The molecule has 19 heteroatoms. The second kappa shape index (κ2) is 25.4. The van der Waals surface area contributed by atoms with Gasteiger partial charge in [0.1, 0.15) is 0 Å². The lowest BCUT2D eigenvalue weighted by Gasteiger charge is -2.49. The molecule has 81 heavy (non-hydrogen) atoms. The Balaban J connectivity index is 1.31. The minimum absolute atomic E-state index is 0.921. The monoisotopic (exact) mass is 1250 g/mol. The zero-order chi connectivity index (χ0) is 58.3. The van der Waals surface area contributed by atoms with Crippen LogP contribution in [-0.4, -0.2) is 85.1 Å². The first-order valence-corrected chi connectivity index (χ1v) is 53.3. The maximum Gasteiger partial charge on any atom is 0.389 e. The normalized spacial score (nSPS) is 13.5. The average Bonchev–Trinajstić information content (AvgIpc) is 3.53. The highest BCUT2D eigenvalue weighted by molar-refractivity contribution is 7.08. The fraction of sp³-hybridized carbons (Fsp3) is 0.226. The van der Waals surface area contributed by atoms with Crippen LogP contribution in [0.3, 0.4) is 0 Å². The summed E-state index contributed by atoms with van der Waals surface area (Å²) in [6.45, 7) is 30.5. The molecule has 0 saturated carbocycles. The Kier molecular flexibility index (Phi) is 19.6. The Morgan fingerprint density at radius 1 is 0.160 bits per heavy atom. The van der Waals surface area contributed by atoms with Crippen molar-refractivity contribution in [2.45, 2.75) is 91.7 Å². The Bertz CT molecular complexity index is 3060. The molecule has 0 heterocycles. The van der Waals surface area contributed by atoms with E-state index in [4.69, 9.17) is 37.0 Å². The molecule has 0 aromatic heterocycles. The molecule has 8 aromatic rings. The largest absolute Gasteiger partial charge is 0.437 e. The first kappa shape index (κ1) is 62.6. The van der Waals surface area contributed by atoms with E-state index in [0.29, 0.717) is 0 Å². The zero-order valence-electron chi connectivity index (χ0n) is 49.8. The van der Waals surface area contributed by atoms with Gasteiger partial charge < -0.3 is 37.0 Å². The molecule has 8 rings (SSSR count). The summed E-state index contributed by atoms with van der Waals surface area (Å²) < 4.78 is 71.0. The molecule has 0 spiro atoms. The summed E-state index contributed by atoms with van der Waals surface area (Å²) in [6, 6.07) is 83.6. The maximum absolute atomic E-state index is 8.22. The third-order valence-corrected chi connectivity index (χ3v) is 51.5. The minimum Gasteiger partial charge on any atom is -0.437 e. The van der Waals surface area contributed by atoms with Crippen molar-refractivity contribution in [2.24, 2.45) is 0 Å².